The Morgan fingerprint density at radius 1 is 0.811 bits per heavy atom. The standard InChI is InChI=1S/C19H18N6.C8H18.2CH2O/c1-13-18(17-9-22-25(3)12-17)10-20-19(23-13)15-6-4-5-14(7-15)16-8-21-24(2)11-16;1-4-6-8(3)7-5-2;2*1-2/h4-12H,1-3H3;8H,4-7H2,1-3H3;2*1H2. The second-order valence-electron chi connectivity index (χ2n) is 8.76. The Balaban J connectivity index is 0.000000487. The van der Waals surface area contributed by atoms with Crippen molar-refractivity contribution >= 4 is 13.6 Å². The Morgan fingerprint density at radius 2 is 1.35 bits per heavy atom. The Labute approximate surface area is 220 Å². The van der Waals surface area contributed by atoms with Gasteiger partial charge in [-0.3, -0.25) is 9.36 Å². The minimum absolute atomic E-state index is 0.718. The molecule has 0 unspecified atom stereocenters. The zero-order valence-corrected chi connectivity index (χ0v) is 23.0. The molecule has 3 aromatic heterocycles. The lowest BCUT2D eigenvalue weighted by atomic mass is 10.0. The smallest absolute Gasteiger partial charge is 0.159 e. The van der Waals surface area contributed by atoms with Crippen molar-refractivity contribution < 1.29 is 9.59 Å². The molecular formula is C29H40N6O2. The molecule has 0 bridgehead atoms. The van der Waals surface area contributed by atoms with Gasteiger partial charge in [-0.2, -0.15) is 10.2 Å². The molecule has 1 aromatic carbocycles. The van der Waals surface area contributed by atoms with Crippen LogP contribution in [-0.4, -0.2) is 43.1 Å². The van der Waals surface area contributed by atoms with Crippen LogP contribution in [0.5, 0.6) is 0 Å². The van der Waals surface area contributed by atoms with Gasteiger partial charge < -0.3 is 9.59 Å². The number of carbonyl (C=O) groups is 2. The fraction of sp³-hybridized carbons (Fsp3) is 0.379. The first-order chi connectivity index (χ1) is 17.9. The van der Waals surface area contributed by atoms with Crippen molar-refractivity contribution in [3.05, 3.63) is 60.9 Å². The predicted octanol–water partition coefficient (Wildman–Crippen LogP) is 6.11. The van der Waals surface area contributed by atoms with Gasteiger partial charge in [0.25, 0.3) is 0 Å². The molecule has 0 radical (unpaired) electrons. The largest absolute Gasteiger partial charge is 0.307 e. The molecule has 3 heterocycles. The minimum Gasteiger partial charge on any atom is -0.307 e. The van der Waals surface area contributed by atoms with Gasteiger partial charge in [-0.05, 0) is 24.5 Å². The number of aromatic nitrogens is 6. The van der Waals surface area contributed by atoms with Gasteiger partial charge in [0.1, 0.15) is 13.6 Å². The zero-order chi connectivity index (χ0) is 27.8. The average Bonchev–Trinajstić information content (AvgIpc) is 3.55. The maximum Gasteiger partial charge on any atom is 0.159 e. The SMILES string of the molecule is C=O.C=O.CCCC(C)CCC.Cc1nc(-c2cccc(-c3cnn(C)c3)c2)ncc1-c1cnn(C)c1. The van der Waals surface area contributed by atoms with Gasteiger partial charge in [0, 0.05) is 60.6 Å². The number of aryl methyl sites for hydroxylation is 3. The Morgan fingerprint density at radius 3 is 1.84 bits per heavy atom. The van der Waals surface area contributed by atoms with E-state index >= 15 is 0 Å². The average molecular weight is 505 g/mol. The van der Waals surface area contributed by atoms with Crippen molar-refractivity contribution in [2.75, 3.05) is 0 Å². The van der Waals surface area contributed by atoms with Crippen LogP contribution in [0.15, 0.2) is 55.2 Å². The van der Waals surface area contributed by atoms with Crippen molar-refractivity contribution in [2.24, 2.45) is 20.0 Å². The van der Waals surface area contributed by atoms with E-state index in [1.54, 1.807) is 9.36 Å². The number of carbonyl (C=O) groups excluding carboxylic acids is 2. The molecule has 0 atom stereocenters. The Bertz CT molecular complexity index is 1190. The van der Waals surface area contributed by atoms with Crippen LogP contribution in [0.3, 0.4) is 0 Å². The van der Waals surface area contributed by atoms with Crippen LogP contribution in [0.1, 0.15) is 52.1 Å². The molecule has 0 amide bonds. The van der Waals surface area contributed by atoms with Crippen LogP contribution in [-0.2, 0) is 23.7 Å². The maximum absolute atomic E-state index is 8.00. The molecule has 0 N–H and O–H groups in total. The van der Waals surface area contributed by atoms with E-state index in [0.29, 0.717) is 0 Å². The fourth-order valence-corrected chi connectivity index (χ4v) is 3.99. The van der Waals surface area contributed by atoms with E-state index in [1.165, 1.54) is 25.7 Å². The predicted molar refractivity (Wildman–Crippen MR) is 150 cm³/mol. The molecule has 8 heteroatoms. The molecule has 0 fully saturated rings. The number of hydrogen-bond donors (Lipinski definition) is 0. The maximum atomic E-state index is 8.00. The quantitative estimate of drug-likeness (QED) is 0.301. The summed E-state index contributed by atoms with van der Waals surface area (Å²) < 4.78 is 3.57. The van der Waals surface area contributed by atoms with E-state index in [2.05, 4.69) is 48.1 Å². The van der Waals surface area contributed by atoms with Gasteiger partial charge in [0.2, 0.25) is 0 Å². The Kier molecular flexibility index (Phi) is 14.0. The summed E-state index contributed by atoms with van der Waals surface area (Å²) in [5, 5.41) is 8.45. The van der Waals surface area contributed by atoms with Gasteiger partial charge in [0.15, 0.2) is 5.82 Å². The van der Waals surface area contributed by atoms with Gasteiger partial charge in [-0.15, -0.1) is 0 Å². The van der Waals surface area contributed by atoms with Crippen molar-refractivity contribution in [1.29, 1.82) is 0 Å². The van der Waals surface area contributed by atoms with E-state index in [4.69, 9.17) is 14.6 Å². The third-order valence-electron chi connectivity index (χ3n) is 5.72. The molecule has 0 aliphatic heterocycles. The number of nitrogens with zero attached hydrogens (tertiary/aromatic N) is 6. The summed E-state index contributed by atoms with van der Waals surface area (Å²) in [4.78, 5) is 25.3. The monoisotopic (exact) mass is 504 g/mol. The van der Waals surface area contributed by atoms with Gasteiger partial charge in [0.05, 0.1) is 12.4 Å². The van der Waals surface area contributed by atoms with Crippen molar-refractivity contribution in [1.82, 2.24) is 29.5 Å². The highest BCUT2D eigenvalue weighted by Crippen LogP contribution is 2.26. The Hall–Kier alpha value is -3.94. The second kappa shape index (κ2) is 16.7. The van der Waals surface area contributed by atoms with Crippen LogP contribution in [0, 0.1) is 12.8 Å². The minimum atomic E-state index is 0.718. The zero-order valence-electron chi connectivity index (χ0n) is 23.0. The summed E-state index contributed by atoms with van der Waals surface area (Å²) in [5.41, 5.74) is 6.12. The number of rotatable bonds is 7. The van der Waals surface area contributed by atoms with E-state index in [-0.39, 0.29) is 0 Å². The van der Waals surface area contributed by atoms with Crippen molar-refractivity contribution in [3.8, 4) is 33.6 Å². The molecule has 37 heavy (non-hydrogen) atoms. The van der Waals surface area contributed by atoms with Crippen LogP contribution >= 0.6 is 0 Å². The molecule has 8 nitrogen and oxygen atoms in total. The summed E-state index contributed by atoms with van der Waals surface area (Å²) in [6.45, 7) is 12.9. The second-order valence-corrected chi connectivity index (χ2v) is 8.76. The van der Waals surface area contributed by atoms with Gasteiger partial charge in [-0.25, -0.2) is 9.97 Å². The lowest BCUT2D eigenvalue weighted by Crippen LogP contribution is -1.95. The normalized spacial score (nSPS) is 9.92. The van der Waals surface area contributed by atoms with Crippen LogP contribution in [0.25, 0.3) is 33.6 Å². The van der Waals surface area contributed by atoms with Crippen LogP contribution < -0.4 is 0 Å². The lowest BCUT2D eigenvalue weighted by Gasteiger charge is -2.07. The van der Waals surface area contributed by atoms with Crippen molar-refractivity contribution in [2.45, 2.75) is 53.4 Å². The van der Waals surface area contributed by atoms with E-state index in [9.17, 15) is 0 Å². The summed E-state index contributed by atoms with van der Waals surface area (Å²) >= 11 is 0. The summed E-state index contributed by atoms with van der Waals surface area (Å²) in [7, 11) is 3.81. The van der Waals surface area contributed by atoms with E-state index in [0.717, 1.165) is 45.3 Å². The summed E-state index contributed by atoms with van der Waals surface area (Å²) in [5.74, 6) is 1.68. The van der Waals surface area contributed by atoms with Gasteiger partial charge >= 0.3 is 0 Å². The molecule has 4 aromatic rings. The van der Waals surface area contributed by atoms with Crippen LogP contribution in [0.2, 0.25) is 0 Å². The lowest BCUT2D eigenvalue weighted by molar-refractivity contribution is -0.0987. The molecule has 0 saturated carbocycles. The topological polar surface area (TPSA) is 95.6 Å². The van der Waals surface area contributed by atoms with E-state index in [1.807, 2.05) is 77.7 Å². The van der Waals surface area contributed by atoms with E-state index < -0.39 is 0 Å². The first-order valence-electron chi connectivity index (χ1n) is 12.4. The molecule has 198 valence electrons. The molecule has 0 aliphatic rings. The molecular weight excluding hydrogens is 464 g/mol. The first kappa shape index (κ1) is 31.1. The third-order valence-corrected chi connectivity index (χ3v) is 5.72. The number of hydrogen-bond acceptors (Lipinski definition) is 6. The highest BCUT2D eigenvalue weighted by molar-refractivity contribution is 5.70. The van der Waals surface area contributed by atoms with Crippen molar-refractivity contribution in [3.63, 3.8) is 0 Å². The highest BCUT2D eigenvalue weighted by Gasteiger charge is 2.10. The summed E-state index contributed by atoms with van der Waals surface area (Å²) in [6, 6.07) is 8.21. The summed E-state index contributed by atoms with van der Waals surface area (Å²) in [6.07, 6.45) is 15.0. The third kappa shape index (κ3) is 9.56. The molecule has 0 spiro atoms. The molecule has 4 rings (SSSR count). The van der Waals surface area contributed by atoms with Crippen LogP contribution in [0.4, 0.5) is 0 Å². The molecule has 0 saturated heterocycles. The highest BCUT2D eigenvalue weighted by atomic mass is 16.1. The fourth-order valence-electron chi connectivity index (χ4n) is 3.99. The molecule has 0 aliphatic carbocycles. The first-order valence-corrected chi connectivity index (χ1v) is 12.4. The number of benzene rings is 1. The van der Waals surface area contributed by atoms with Gasteiger partial charge in [-0.1, -0.05) is 64.7 Å².